The fourth-order valence-electron chi connectivity index (χ4n) is 3.51. The van der Waals surface area contributed by atoms with Gasteiger partial charge < -0.3 is 19.8 Å². The number of aromatic nitrogens is 1. The predicted molar refractivity (Wildman–Crippen MR) is 126 cm³/mol. The lowest BCUT2D eigenvalue weighted by molar-refractivity contribution is -0.141. The Bertz CT molecular complexity index is 1200. The molecule has 1 heterocycles. The molecule has 2 aromatic carbocycles. The van der Waals surface area contributed by atoms with Crippen LogP contribution in [0, 0.1) is 13.8 Å². The minimum absolute atomic E-state index is 0.177. The molecule has 0 aliphatic heterocycles. The molecule has 0 bridgehead atoms. The van der Waals surface area contributed by atoms with Crippen molar-refractivity contribution in [2.75, 3.05) is 19.8 Å². The second-order valence-corrected chi connectivity index (χ2v) is 7.56. The first-order valence-corrected chi connectivity index (χ1v) is 10.8. The highest BCUT2D eigenvalue weighted by molar-refractivity contribution is 6.02. The van der Waals surface area contributed by atoms with Crippen LogP contribution < -0.4 is 5.32 Å². The highest BCUT2D eigenvalue weighted by atomic mass is 16.5. The smallest absolute Gasteiger partial charge is 0.340 e. The summed E-state index contributed by atoms with van der Waals surface area (Å²) in [4.78, 5) is 51.7. The number of benzene rings is 2. The third-order valence-electron chi connectivity index (χ3n) is 5.21. The molecule has 2 N–H and O–H groups in total. The number of rotatable bonds is 9. The van der Waals surface area contributed by atoms with Crippen molar-refractivity contribution < 1.29 is 28.7 Å². The summed E-state index contributed by atoms with van der Waals surface area (Å²) in [7, 11) is 0. The molecule has 0 spiro atoms. The van der Waals surface area contributed by atoms with Gasteiger partial charge in [0.2, 0.25) is 5.78 Å². The van der Waals surface area contributed by atoms with Gasteiger partial charge in [0.05, 0.1) is 17.9 Å². The van der Waals surface area contributed by atoms with Crippen LogP contribution in [0.5, 0.6) is 0 Å². The van der Waals surface area contributed by atoms with E-state index >= 15 is 0 Å². The minimum atomic E-state index is -0.755. The zero-order valence-corrected chi connectivity index (χ0v) is 19.3. The summed E-state index contributed by atoms with van der Waals surface area (Å²) in [5.74, 6) is -2.21. The van der Waals surface area contributed by atoms with Crippen LogP contribution in [0.15, 0.2) is 54.6 Å². The monoisotopic (exact) mass is 462 g/mol. The van der Waals surface area contributed by atoms with Crippen LogP contribution in [0.25, 0.3) is 11.1 Å². The van der Waals surface area contributed by atoms with E-state index in [-0.39, 0.29) is 18.8 Å². The van der Waals surface area contributed by atoms with Gasteiger partial charge in [0, 0.05) is 11.3 Å². The first kappa shape index (κ1) is 24.4. The van der Waals surface area contributed by atoms with Gasteiger partial charge in [0.15, 0.2) is 6.61 Å². The molecule has 8 nitrogen and oxygen atoms in total. The van der Waals surface area contributed by atoms with Crippen molar-refractivity contribution in [2.45, 2.75) is 20.8 Å². The van der Waals surface area contributed by atoms with Gasteiger partial charge in [-0.1, -0.05) is 42.5 Å². The van der Waals surface area contributed by atoms with E-state index in [9.17, 15) is 19.2 Å². The van der Waals surface area contributed by atoms with E-state index in [0.29, 0.717) is 22.4 Å². The number of hydrogen-bond acceptors (Lipinski definition) is 6. The fourth-order valence-corrected chi connectivity index (χ4v) is 3.51. The van der Waals surface area contributed by atoms with Crippen molar-refractivity contribution in [3.05, 3.63) is 82.7 Å². The van der Waals surface area contributed by atoms with E-state index in [1.807, 2.05) is 42.5 Å². The zero-order valence-electron chi connectivity index (χ0n) is 19.3. The fraction of sp³-hybridized carbons (Fsp3) is 0.231. The van der Waals surface area contributed by atoms with Crippen LogP contribution in [-0.4, -0.2) is 48.4 Å². The number of carbonyl (C=O) groups excluding carboxylic acids is 4. The Hall–Kier alpha value is -4.20. The number of ether oxygens (including phenoxy) is 2. The molecule has 0 unspecified atom stereocenters. The summed E-state index contributed by atoms with van der Waals surface area (Å²) in [6, 6.07) is 16.7. The van der Waals surface area contributed by atoms with Crippen LogP contribution in [0.1, 0.15) is 49.4 Å². The van der Waals surface area contributed by atoms with E-state index in [4.69, 9.17) is 9.47 Å². The number of esters is 2. The minimum Gasteiger partial charge on any atom is -0.462 e. The zero-order chi connectivity index (χ0) is 24.7. The summed E-state index contributed by atoms with van der Waals surface area (Å²) >= 11 is 0. The molecule has 34 heavy (non-hydrogen) atoms. The number of Topliss-reactive ketones (excluding diaryl/α,β-unsaturated/α-hetero) is 1. The van der Waals surface area contributed by atoms with Crippen LogP contribution in [0.3, 0.4) is 0 Å². The largest absolute Gasteiger partial charge is 0.462 e. The lowest BCUT2D eigenvalue weighted by Crippen LogP contribution is -2.31. The SMILES string of the molecule is CCOC(=O)c1c(C)[nH]c(C(=O)COC(=O)CNC(=O)c2ccc(-c3ccccc3)cc2)c1C. The number of H-pyrrole nitrogens is 1. The van der Waals surface area contributed by atoms with E-state index in [1.165, 1.54) is 0 Å². The third-order valence-corrected chi connectivity index (χ3v) is 5.21. The molecule has 1 amide bonds. The number of ketones is 1. The normalized spacial score (nSPS) is 10.4. The molecule has 8 heteroatoms. The Labute approximate surface area is 197 Å². The van der Waals surface area contributed by atoms with Gasteiger partial charge >= 0.3 is 11.9 Å². The van der Waals surface area contributed by atoms with Crippen molar-refractivity contribution >= 4 is 23.6 Å². The average Bonchev–Trinajstić information content (AvgIpc) is 3.15. The molecular formula is C26H26N2O6. The van der Waals surface area contributed by atoms with Crippen molar-refractivity contribution in [1.29, 1.82) is 0 Å². The topological polar surface area (TPSA) is 115 Å². The Kier molecular flexibility index (Phi) is 7.97. The number of carbonyl (C=O) groups is 4. The Morgan fingerprint density at radius 3 is 2.18 bits per heavy atom. The molecule has 0 saturated carbocycles. The van der Waals surface area contributed by atoms with Gasteiger partial charge in [-0.05, 0) is 49.6 Å². The van der Waals surface area contributed by atoms with E-state index < -0.39 is 30.2 Å². The van der Waals surface area contributed by atoms with Crippen LogP contribution in [0.2, 0.25) is 0 Å². The first-order chi connectivity index (χ1) is 16.3. The number of amides is 1. The van der Waals surface area contributed by atoms with Gasteiger partial charge in [-0.25, -0.2) is 4.79 Å². The molecule has 176 valence electrons. The number of hydrogen-bond donors (Lipinski definition) is 2. The van der Waals surface area contributed by atoms with E-state index in [2.05, 4.69) is 10.3 Å². The Morgan fingerprint density at radius 1 is 0.882 bits per heavy atom. The predicted octanol–water partition coefficient (Wildman–Crippen LogP) is 3.63. The molecule has 0 saturated heterocycles. The molecule has 3 aromatic rings. The van der Waals surface area contributed by atoms with Gasteiger partial charge in [0.25, 0.3) is 5.91 Å². The summed E-state index contributed by atoms with van der Waals surface area (Å²) < 4.78 is 10.00. The van der Waals surface area contributed by atoms with Gasteiger partial charge in [-0.2, -0.15) is 0 Å². The Morgan fingerprint density at radius 2 is 1.53 bits per heavy atom. The maximum Gasteiger partial charge on any atom is 0.340 e. The molecule has 0 radical (unpaired) electrons. The lowest BCUT2D eigenvalue weighted by atomic mass is 10.0. The van der Waals surface area contributed by atoms with Crippen molar-refractivity contribution in [3.63, 3.8) is 0 Å². The van der Waals surface area contributed by atoms with Crippen molar-refractivity contribution in [1.82, 2.24) is 10.3 Å². The summed E-state index contributed by atoms with van der Waals surface area (Å²) in [6.45, 7) is 4.27. The van der Waals surface area contributed by atoms with Gasteiger partial charge in [0.1, 0.15) is 6.54 Å². The molecule has 3 rings (SSSR count). The first-order valence-electron chi connectivity index (χ1n) is 10.8. The highest BCUT2D eigenvalue weighted by Crippen LogP contribution is 2.20. The van der Waals surface area contributed by atoms with E-state index in [1.54, 1.807) is 32.9 Å². The second-order valence-electron chi connectivity index (χ2n) is 7.56. The van der Waals surface area contributed by atoms with Gasteiger partial charge in [-0.15, -0.1) is 0 Å². The van der Waals surface area contributed by atoms with Crippen LogP contribution in [0.4, 0.5) is 0 Å². The third kappa shape index (κ3) is 5.78. The summed E-state index contributed by atoms with van der Waals surface area (Å²) in [5.41, 5.74) is 3.80. The quantitative estimate of drug-likeness (QED) is 0.371. The van der Waals surface area contributed by atoms with Crippen molar-refractivity contribution in [2.24, 2.45) is 0 Å². The highest BCUT2D eigenvalue weighted by Gasteiger charge is 2.23. The van der Waals surface area contributed by atoms with Gasteiger partial charge in [-0.3, -0.25) is 14.4 Å². The maximum atomic E-state index is 12.5. The molecule has 0 aliphatic carbocycles. The van der Waals surface area contributed by atoms with Crippen LogP contribution >= 0.6 is 0 Å². The number of nitrogens with one attached hydrogen (secondary N) is 2. The second kappa shape index (κ2) is 11.1. The lowest BCUT2D eigenvalue weighted by Gasteiger charge is -2.07. The summed E-state index contributed by atoms with van der Waals surface area (Å²) in [5, 5.41) is 2.48. The standard InChI is InChI=1S/C26H26N2O6/c1-4-33-26(32)23-16(2)24(28-17(23)3)21(29)15-34-22(30)14-27-25(31)20-12-10-19(11-13-20)18-8-6-5-7-9-18/h5-13,28H,4,14-15H2,1-3H3,(H,27,31). The van der Waals surface area contributed by atoms with Crippen LogP contribution in [-0.2, 0) is 14.3 Å². The number of aryl methyl sites for hydroxylation is 1. The molecular weight excluding hydrogens is 436 g/mol. The van der Waals surface area contributed by atoms with Crippen molar-refractivity contribution in [3.8, 4) is 11.1 Å². The summed E-state index contributed by atoms with van der Waals surface area (Å²) in [6.07, 6.45) is 0. The van der Waals surface area contributed by atoms with E-state index in [0.717, 1.165) is 11.1 Å². The molecule has 0 atom stereocenters. The molecule has 1 aromatic heterocycles. The Balaban J connectivity index is 1.51. The average molecular weight is 463 g/mol. The molecule has 0 fully saturated rings. The molecule has 0 aliphatic rings. The maximum absolute atomic E-state index is 12.5. The number of aromatic amines is 1.